The molecule has 36 heavy (non-hydrogen) atoms. The lowest BCUT2D eigenvalue weighted by atomic mass is 10.0. The van der Waals surface area contributed by atoms with Crippen LogP contribution >= 0.6 is 0 Å². The number of hydrogen-bond donors (Lipinski definition) is 1. The van der Waals surface area contributed by atoms with Crippen LogP contribution < -0.4 is 0 Å². The highest BCUT2D eigenvalue weighted by Gasteiger charge is 2.18. The monoisotopic (exact) mass is 485 g/mol. The van der Waals surface area contributed by atoms with Gasteiger partial charge >= 0.3 is 0 Å². The number of halogens is 2. The lowest BCUT2D eigenvalue weighted by Gasteiger charge is -2.26. The van der Waals surface area contributed by atoms with Gasteiger partial charge in [0.25, 0.3) is 0 Å². The second kappa shape index (κ2) is 10.3. The summed E-state index contributed by atoms with van der Waals surface area (Å²) >= 11 is 0. The Morgan fingerprint density at radius 1 is 1.06 bits per heavy atom. The number of rotatable bonds is 6. The number of likely N-dealkylation sites (tertiary alicyclic amines) is 1. The van der Waals surface area contributed by atoms with E-state index in [1.165, 1.54) is 6.21 Å². The topological polar surface area (TPSA) is 91.0 Å². The van der Waals surface area contributed by atoms with E-state index in [0.717, 1.165) is 44.1 Å². The molecule has 5 rings (SSSR count). The van der Waals surface area contributed by atoms with Gasteiger partial charge in [-0.15, -0.1) is 0 Å². The lowest BCUT2D eigenvalue weighted by molar-refractivity contribution is 0.257. The first-order valence-corrected chi connectivity index (χ1v) is 11.8. The summed E-state index contributed by atoms with van der Waals surface area (Å²) in [6.45, 7) is 2.01. The second-order valence-electron chi connectivity index (χ2n) is 8.91. The van der Waals surface area contributed by atoms with Gasteiger partial charge in [0.15, 0.2) is 5.65 Å². The van der Waals surface area contributed by atoms with Gasteiger partial charge in [0.2, 0.25) is 0 Å². The van der Waals surface area contributed by atoms with E-state index in [4.69, 9.17) is 15.4 Å². The molecule has 182 valence electrons. The van der Waals surface area contributed by atoms with Crippen LogP contribution in [0, 0.1) is 17.0 Å². The van der Waals surface area contributed by atoms with Crippen molar-refractivity contribution >= 4 is 23.5 Å². The minimum Gasteiger partial charge on any atom is -0.312 e. The Bertz CT molecular complexity index is 1430. The van der Waals surface area contributed by atoms with Crippen LogP contribution in [0.5, 0.6) is 0 Å². The normalized spacial score (nSPS) is 16.0. The van der Waals surface area contributed by atoms with E-state index in [9.17, 15) is 8.78 Å². The maximum Gasteiger partial charge on any atom is 0.160 e. The molecular weight excluding hydrogens is 460 g/mol. The summed E-state index contributed by atoms with van der Waals surface area (Å²) in [5.41, 5.74) is 2.39. The predicted molar refractivity (Wildman–Crippen MR) is 136 cm³/mol. The largest absolute Gasteiger partial charge is 0.312 e. The van der Waals surface area contributed by atoms with Crippen LogP contribution in [0.4, 0.5) is 8.78 Å². The van der Waals surface area contributed by atoms with E-state index >= 15 is 0 Å². The summed E-state index contributed by atoms with van der Waals surface area (Å²) in [7, 11) is 2.10. The Labute approximate surface area is 207 Å². The molecule has 0 saturated carbocycles. The van der Waals surface area contributed by atoms with Gasteiger partial charge < -0.3 is 10.3 Å². The van der Waals surface area contributed by atoms with Crippen LogP contribution in [0.25, 0.3) is 33.5 Å². The zero-order valence-electron chi connectivity index (χ0n) is 19.8. The Balaban J connectivity index is 1.54. The van der Waals surface area contributed by atoms with Gasteiger partial charge in [-0.25, -0.2) is 23.7 Å². The summed E-state index contributed by atoms with van der Waals surface area (Å²) in [4.78, 5) is 24.9. The number of aromatic nitrogens is 4. The molecule has 1 N–H and O–H groups in total. The van der Waals surface area contributed by atoms with Crippen molar-refractivity contribution in [2.75, 3.05) is 20.1 Å². The molecule has 9 heteroatoms. The molecule has 0 spiro atoms. The molecular formula is C27H25F2N7. The van der Waals surface area contributed by atoms with Crippen LogP contribution in [0.2, 0.25) is 0 Å². The van der Waals surface area contributed by atoms with Crippen LogP contribution in [0.1, 0.15) is 24.5 Å². The van der Waals surface area contributed by atoms with Crippen LogP contribution in [0.3, 0.4) is 0 Å². The number of fused-ring (bicyclic) bond motifs is 1. The van der Waals surface area contributed by atoms with Gasteiger partial charge in [-0.1, -0.05) is 0 Å². The van der Waals surface area contributed by atoms with Gasteiger partial charge in [-0.3, -0.25) is 9.98 Å². The molecule has 1 aliphatic rings. The van der Waals surface area contributed by atoms with Gasteiger partial charge in [0.1, 0.15) is 11.6 Å². The molecule has 1 aromatic carbocycles. The van der Waals surface area contributed by atoms with Crippen molar-refractivity contribution in [3.63, 3.8) is 0 Å². The zero-order valence-corrected chi connectivity index (χ0v) is 19.8. The van der Waals surface area contributed by atoms with Crippen molar-refractivity contribution in [1.29, 1.82) is 5.41 Å². The summed E-state index contributed by atoms with van der Waals surface area (Å²) in [5.74, 6) is -1.57. The van der Waals surface area contributed by atoms with Crippen LogP contribution in [-0.2, 0) is 0 Å². The molecule has 1 fully saturated rings. The third-order valence-electron chi connectivity index (χ3n) is 6.38. The van der Waals surface area contributed by atoms with Crippen LogP contribution in [0.15, 0.2) is 60.0 Å². The molecule has 0 amide bonds. The summed E-state index contributed by atoms with van der Waals surface area (Å²) in [5, 5.41) is 8.66. The van der Waals surface area contributed by atoms with Crippen molar-refractivity contribution in [3.8, 4) is 22.5 Å². The Hall–Kier alpha value is -3.98. The van der Waals surface area contributed by atoms with Gasteiger partial charge in [0.05, 0.1) is 35.2 Å². The van der Waals surface area contributed by atoms with Crippen LogP contribution in [-0.4, -0.2) is 63.4 Å². The fraction of sp³-hybridized carbons (Fsp3) is 0.259. The fourth-order valence-electron chi connectivity index (χ4n) is 4.34. The summed E-state index contributed by atoms with van der Waals surface area (Å²) in [6, 6.07) is 8.79. The minimum atomic E-state index is -0.584. The number of hydrogen-bond acceptors (Lipinski definition) is 7. The average Bonchev–Trinajstić information content (AvgIpc) is 2.91. The third kappa shape index (κ3) is 5.01. The maximum atomic E-state index is 14.6. The summed E-state index contributed by atoms with van der Waals surface area (Å²) < 4.78 is 28.5. The van der Waals surface area contributed by atoms with E-state index in [0.29, 0.717) is 28.0 Å². The van der Waals surface area contributed by atoms with Crippen molar-refractivity contribution in [2.45, 2.75) is 24.8 Å². The molecule has 0 radical (unpaired) electrons. The van der Waals surface area contributed by atoms with E-state index < -0.39 is 17.6 Å². The maximum absolute atomic E-state index is 14.6. The van der Waals surface area contributed by atoms with Gasteiger partial charge in [-0.2, -0.15) is 0 Å². The number of pyridine rings is 2. The van der Waals surface area contributed by atoms with E-state index in [1.807, 2.05) is 6.07 Å². The minimum absolute atomic E-state index is 0.0375. The molecule has 3 aromatic heterocycles. The summed E-state index contributed by atoms with van der Waals surface area (Å²) in [6.07, 6.45) is 9.86. The predicted octanol–water partition coefficient (Wildman–Crippen LogP) is 4.93. The lowest BCUT2D eigenvalue weighted by Crippen LogP contribution is -2.32. The molecule has 4 aromatic rings. The number of nitrogens with zero attached hydrogens (tertiary/aromatic N) is 6. The van der Waals surface area contributed by atoms with Crippen molar-refractivity contribution < 1.29 is 8.78 Å². The SMILES string of the molecule is CN1CCC(N=CC(C=N)c2cncc(-c3cc(-c4cc(F)ccc4F)nc4ncccc34)n2)CC1. The van der Waals surface area contributed by atoms with Crippen molar-refractivity contribution in [1.82, 2.24) is 24.8 Å². The Kier molecular flexibility index (Phi) is 6.81. The Morgan fingerprint density at radius 3 is 2.69 bits per heavy atom. The quantitative estimate of drug-likeness (QED) is 0.391. The molecule has 1 atom stereocenters. The first kappa shape index (κ1) is 23.7. The highest BCUT2D eigenvalue weighted by atomic mass is 19.1. The molecule has 1 aliphatic heterocycles. The van der Waals surface area contributed by atoms with E-state index in [1.54, 1.807) is 36.9 Å². The smallest absolute Gasteiger partial charge is 0.160 e. The molecule has 1 unspecified atom stereocenters. The highest BCUT2D eigenvalue weighted by molar-refractivity contribution is 5.94. The van der Waals surface area contributed by atoms with E-state index in [2.05, 4.69) is 26.9 Å². The first-order chi connectivity index (χ1) is 17.5. The number of benzene rings is 1. The van der Waals surface area contributed by atoms with Gasteiger partial charge in [0, 0.05) is 41.3 Å². The fourth-order valence-corrected chi connectivity index (χ4v) is 4.34. The Morgan fingerprint density at radius 2 is 1.89 bits per heavy atom. The number of piperidine rings is 1. The van der Waals surface area contributed by atoms with E-state index in [-0.39, 0.29) is 17.3 Å². The highest BCUT2D eigenvalue weighted by Crippen LogP contribution is 2.32. The molecule has 1 saturated heterocycles. The average molecular weight is 486 g/mol. The van der Waals surface area contributed by atoms with Crippen molar-refractivity contribution in [2.24, 2.45) is 4.99 Å². The zero-order chi connectivity index (χ0) is 25.1. The molecule has 7 nitrogen and oxygen atoms in total. The van der Waals surface area contributed by atoms with Crippen molar-refractivity contribution in [3.05, 3.63) is 72.3 Å². The van der Waals surface area contributed by atoms with Gasteiger partial charge in [-0.05, 0) is 69.4 Å². The third-order valence-corrected chi connectivity index (χ3v) is 6.38. The first-order valence-electron chi connectivity index (χ1n) is 11.8. The standard InChI is InChI=1S/C27H25F2N7/c1-36-9-6-19(7-10-36)33-14-17(13-30)25-15-31-16-26(34-25)21-12-24(22-11-18(28)4-5-23(22)29)35-27-20(21)3-2-8-32-27/h2-5,8,11-17,19,30H,6-7,9-10H2,1H3. The number of aliphatic imine (C=N–C) groups is 1. The molecule has 4 heterocycles. The molecule has 0 bridgehead atoms. The number of nitrogens with one attached hydrogen (secondary N) is 1. The second-order valence-corrected chi connectivity index (χ2v) is 8.91. The molecule has 0 aliphatic carbocycles.